The van der Waals surface area contributed by atoms with Crippen LogP contribution in [0.25, 0.3) is 0 Å². The summed E-state index contributed by atoms with van der Waals surface area (Å²) in [5.41, 5.74) is 1.78. The molecular formula is C28H29ClFN3O4S. The molecule has 2 atom stereocenters. The van der Waals surface area contributed by atoms with Gasteiger partial charge in [-0.05, 0) is 85.8 Å². The van der Waals surface area contributed by atoms with Gasteiger partial charge in [-0.2, -0.15) is 4.31 Å². The van der Waals surface area contributed by atoms with Crippen LogP contribution in [0, 0.1) is 5.82 Å². The fourth-order valence-corrected chi connectivity index (χ4v) is 6.09. The Hall–Kier alpha value is -3.27. The number of nitrogens with one attached hydrogen (secondary N) is 2. The number of rotatable bonds is 8. The van der Waals surface area contributed by atoms with Crippen molar-refractivity contribution in [2.75, 3.05) is 6.54 Å². The molecule has 4 rings (SSSR count). The Morgan fingerprint density at radius 1 is 1.05 bits per heavy atom. The van der Waals surface area contributed by atoms with Crippen LogP contribution in [0.2, 0.25) is 5.02 Å². The molecule has 7 nitrogen and oxygen atoms in total. The summed E-state index contributed by atoms with van der Waals surface area (Å²) >= 11 is 5.96. The average molecular weight is 558 g/mol. The molecule has 3 aromatic carbocycles. The van der Waals surface area contributed by atoms with Gasteiger partial charge in [0, 0.05) is 23.7 Å². The van der Waals surface area contributed by atoms with Gasteiger partial charge < -0.3 is 10.6 Å². The number of carbonyl (C=O) groups excluding carboxylic acids is 2. The van der Waals surface area contributed by atoms with Crippen LogP contribution >= 0.6 is 11.6 Å². The second-order valence-corrected chi connectivity index (χ2v) is 11.6. The number of amides is 2. The van der Waals surface area contributed by atoms with Gasteiger partial charge in [0.25, 0.3) is 5.91 Å². The number of hydrogen-bond acceptors (Lipinski definition) is 4. The zero-order chi connectivity index (χ0) is 27.3. The summed E-state index contributed by atoms with van der Waals surface area (Å²) in [6.45, 7) is 2.26. The Bertz CT molecular complexity index is 1380. The first-order valence-corrected chi connectivity index (χ1v) is 14.2. The highest BCUT2D eigenvalue weighted by Crippen LogP contribution is 2.26. The standard InChI is InChI=1S/C28H29ClFN3O4S/c1-19(21-9-13-24(30)14-10-21)32-27(34)22-7-5-20(6-8-22)18-33(26-4-2-3-17-31-28(26)35)38(36,37)25-15-11-23(29)12-16-25/h5-16,19,26H,2-4,17-18H2,1H3,(H,31,35)(H,32,34)/t19?,26-/m1/s1. The lowest BCUT2D eigenvalue weighted by Crippen LogP contribution is -2.48. The number of hydrogen-bond donors (Lipinski definition) is 2. The van der Waals surface area contributed by atoms with E-state index in [2.05, 4.69) is 10.6 Å². The van der Waals surface area contributed by atoms with E-state index >= 15 is 0 Å². The van der Waals surface area contributed by atoms with E-state index in [0.29, 0.717) is 35.5 Å². The Labute approximate surface area is 227 Å². The molecule has 1 unspecified atom stereocenters. The zero-order valence-electron chi connectivity index (χ0n) is 20.9. The van der Waals surface area contributed by atoms with Crippen molar-refractivity contribution >= 4 is 33.4 Å². The van der Waals surface area contributed by atoms with E-state index in [-0.39, 0.29) is 35.1 Å². The molecule has 0 radical (unpaired) electrons. The average Bonchev–Trinajstić information content (AvgIpc) is 3.12. The highest BCUT2D eigenvalue weighted by atomic mass is 35.5. The predicted octanol–water partition coefficient (Wildman–Crippen LogP) is 4.83. The maximum atomic E-state index is 13.7. The minimum absolute atomic E-state index is 0.0447. The van der Waals surface area contributed by atoms with Crippen LogP contribution in [0.1, 0.15) is 53.7 Å². The molecule has 0 bridgehead atoms. The highest BCUT2D eigenvalue weighted by Gasteiger charge is 2.36. The summed E-state index contributed by atoms with van der Waals surface area (Å²) in [6, 6.07) is 17.1. The summed E-state index contributed by atoms with van der Waals surface area (Å²) in [7, 11) is -4.03. The molecule has 1 saturated heterocycles. The third kappa shape index (κ3) is 6.59. The Morgan fingerprint density at radius 2 is 1.71 bits per heavy atom. The van der Waals surface area contributed by atoms with Crippen LogP contribution in [-0.4, -0.2) is 37.1 Å². The molecule has 3 aromatic rings. The van der Waals surface area contributed by atoms with E-state index in [1.54, 1.807) is 43.3 Å². The van der Waals surface area contributed by atoms with Gasteiger partial charge in [-0.25, -0.2) is 12.8 Å². The maximum absolute atomic E-state index is 13.7. The number of nitrogens with zero attached hydrogens (tertiary/aromatic N) is 1. The molecule has 38 heavy (non-hydrogen) atoms. The minimum Gasteiger partial charge on any atom is -0.355 e. The first kappa shape index (κ1) is 27.8. The predicted molar refractivity (Wildman–Crippen MR) is 144 cm³/mol. The van der Waals surface area contributed by atoms with Crippen molar-refractivity contribution in [3.63, 3.8) is 0 Å². The topological polar surface area (TPSA) is 95.6 Å². The first-order chi connectivity index (χ1) is 18.1. The van der Waals surface area contributed by atoms with Gasteiger partial charge in [-0.3, -0.25) is 9.59 Å². The van der Waals surface area contributed by atoms with Gasteiger partial charge in [-0.15, -0.1) is 0 Å². The molecule has 1 aliphatic heterocycles. The second-order valence-electron chi connectivity index (χ2n) is 9.25. The van der Waals surface area contributed by atoms with Gasteiger partial charge in [-0.1, -0.05) is 35.9 Å². The molecule has 1 aliphatic rings. The van der Waals surface area contributed by atoms with E-state index in [0.717, 1.165) is 12.0 Å². The fraction of sp³-hybridized carbons (Fsp3) is 0.286. The van der Waals surface area contributed by atoms with E-state index in [1.807, 2.05) is 0 Å². The number of benzene rings is 3. The monoisotopic (exact) mass is 557 g/mol. The maximum Gasteiger partial charge on any atom is 0.251 e. The molecule has 0 aliphatic carbocycles. The summed E-state index contributed by atoms with van der Waals surface area (Å²) in [4.78, 5) is 25.7. The summed E-state index contributed by atoms with van der Waals surface area (Å²) in [6.07, 6.45) is 1.89. The molecule has 200 valence electrons. The van der Waals surface area contributed by atoms with Crippen molar-refractivity contribution < 1.29 is 22.4 Å². The summed E-state index contributed by atoms with van der Waals surface area (Å²) < 4.78 is 41.8. The van der Waals surface area contributed by atoms with E-state index in [1.165, 1.54) is 40.7 Å². The second kappa shape index (κ2) is 12.1. The third-order valence-electron chi connectivity index (χ3n) is 6.55. The van der Waals surface area contributed by atoms with E-state index in [4.69, 9.17) is 11.6 Å². The van der Waals surface area contributed by atoms with E-state index < -0.39 is 16.1 Å². The number of carbonyl (C=O) groups is 2. The molecule has 2 N–H and O–H groups in total. The zero-order valence-corrected chi connectivity index (χ0v) is 22.4. The smallest absolute Gasteiger partial charge is 0.251 e. The molecule has 0 aromatic heterocycles. The molecule has 0 saturated carbocycles. The van der Waals surface area contributed by atoms with Gasteiger partial charge in [0.15, 0.2) is 0 Å². The van der Waals surface area contributed by atoms with Crippen LogP contribution in [0.15, 0.2) is 77.7 Å². The van der Waals surface area contributed by atoms with Crippen molar-refractivity contribution in [1.29, 1.82) is 0 Å². The first-order valence-electron chi connectivity index (χ1n) is 12.4. The summed E-state index contributed by atoms with van der Waals surface area (Å²) in [5.74, 6) is -0.996. The largest absolute Gasteiger partial charge is 0.355 e. The SMILES string of the molecule is CC(NC(=O)c1ccc(CN([C@@H]2CCCCNC2=O)S(=O)(=O)c2ccc(Cl)cc2)cc1)c1ccc(F)cc1. The van der Waals surface area contributed by atoms with Crippen LogP contribution in [0.4, 0.5) is 4.39 Å². The van der Waals surface area contributed by atoms with Crippen molar-refractivity contribution in [3.8, 4) is 0 Å². The fourth-order valence-electron chi connectivity index (χ4n) is 4.36. The molecular weight excluding hydrogens is 529 g/mol. The molecule has 0 spiro atoms. The Kier molecular flexibility index (Phi) is 8.81. The van der Waals surface area contributed by atoms with Gasteiger partial charge >= 0.3 is 0 Å². The molecule has 1 heterocycles. The molecule has 10 heteroatoms. The Morgan fingerprint density at radius 3 is 2.37 bits per heavy atom. The Balaban J connectivity index is 1.55. The number of sulfonamides is 1. The lowest BCUT2D eigenvalue weighted by molar-refractivity contribution is -0.124. The van der Waals surface area contributed by atoms with Crippen LogP contribution < -0.4 is 10.6 Å². The van der Waals surface area contributed by atoms with Crippen LogP contribution in [0.5, 0.6) is 0 Å². The minimum atomic E-state index is -4.03. The van der Waals surface area contributed by atoms with Gasteiger partial charge in [0.05, 0.1) is 10.9 Å². The van der Waals surface area contributed by atoms with Crippen molar-refractivity contribution in [3.05, 3.63) is 100 Å². The lowest BCUT2D eigenvalue weighted by atomic mass is 10.1. The molecule has 1 fully saturated rings. The number of halogens is 2. The quantitative estimate of drug-likeness (QED) is 0.415. The van der Waals surface area contributed by atoms with Crippen LogP contribution in [-0.2, 0) is 21.4 Å². The van der Waals surface area contributed by atoms with Crippen molar-refractivity contribution in [2.45, 2.75) is 49.7 Å². The van der Waals surface area contributed by atoms with Gasteiger partial charge in [0.1, 0.15) is 11.9 Å². The van der Waals surface area contributed by atoms with Crippen molar-refractivity contribution in [1.82, 2.24) is 14.9 Å². The lowest BCUT2D eigenvalue weighted by Gasteiger charge is -2.29. The van der Waals surface area contributed by atoms with Gasteiger partial charge in [0.2, 0.25) is 15.9 Å². The third-order valence-corrected chi connectivity index (χ3v) is 8.67. The van der Waals surface area contributed by atoms with Crippen LogP contribution in [0.3, 0.4) is 0 Å². The highest BCUT2D eigenvalue weighted by molar-refractivity contribution is 7.89. The molecule has 2 amide bonds. The van der Waals surface area contributed by atoms with E-state index in [9.17, 15) is 22.4 Å². The van der Waals surface area contributed by atoms with Crippen molar-refractivity contribution in [2.24, 2.45) is 0 Å². The normalized spacial score (nSPS) is 16.9. The summed E-state index contributed by atoms with van der Waals surface area (Å²) in [5, 5.41) is 6.10.